The van der Waals surface area contributed by atoms with Gasteiger partial charge in [-0.15, -0.1) is 11.3 Å². The van der Waals surface area contributed by atoms with E-state index in [0.29, 0.717) is 0 Å². The first-order valence-corrected chi connectivity index (χ1v) is 7.69. The van der Waals surface area contributed by atoms with Crippen LogP contribution in [-0.2, 0) is 0 Å². The molecule has 1 aliphatic carbocycles. The largest absolute Gasteiger partial charge is 0.324 e. The van der Waals surface area contributed by atoms with Crippen molar-refractivity contribution in [1.29, 1.82) is 0 Å². The molecule has 98 valence electrons. The molecule has 0 aliphatic heterocycles. The Morgan fingerprint density at radius 2 is 1.85 bits per heavy atom. The van der Waals surface area contributed by atoms with Crippen LogP contribution in [0.4, 0.5) is 0 Å². The summed E-state index contributed by atoms with van der Waals surface area (Å²) in [5.41, 5.74) is 8.64. The van der Waals surface area contributed by atoms with Crippen LogP contribution in [0.5, 0.6) is 0 Å². The van der Waals surface area contributed by atoms with Gasteiger partial charge in [-0.25, -0.2) is 0 Å². The summed E-state index contributed by atoms with van der Waals surface area (Å²) in [7, 11) is 0. The molecule has 1 unspecified atom stereocenters. The molecule has 2 heteroatoms. The smallest absolute Gasteiger partial charge is 0.0361 e. The predicted molar refractivity (Wildman–Crippen MR) is 88.0 cm³/mol. The lowest BCUT2D eigenvalue weighted by Crippen LogP contribution is -2.30. The van der Waals surface area contributed by atoms with E-state index in [-0.39, 0.29) is 6.04 Å². The zero-order chi connectivity index (χ0) is 13.5. The summed E-state index contributed by atoms with van der Waals surface area (Å²) in [5, 5.41) is 2.74. The third-order valence-corrected chi connectivity index (χ3v) is 4.96. The van der Waals surface area contributed by atoms with Gasteiger partial charge in [0.05, 0.1) is 0 Å². The molecular weight excluding hydrogens is 262 g/mol. The molecule has 1 atom stereocenters. The number of thiophene rings is 1. The van der Waals surface area contributed by atoms with Crippen LogP contribution in [0, 0.1) is 0 Å². The lowest BCUT2D eigenvalue weighted by Gasteiger charge is -2.06. The first-order chi connectivity index (χ1) is 9.83. The summed E-state index contributed by atoms with van der Waals surface area (Å²) in [6, 6.07) is 17.3. The maximum absolute atomic E-state index is 6.04. The summed E-state index contributed by atoms with van der Waals surface area (Å²) in [5.74, 6) is 0. The average molecular weight is 277 g/mol. The second-order valence-corrected chi connectivity index (χ2v) is 6.28. The molecule has 0 bridgehead atoms. The summed E-state index contributed by atoms with van der Waals surface area (Å²) in [4.78, 5) is 0. The Balaban J connectivity index is 2.13. The van der Waals surface area contributed by atoms with Crippen molar-refractivity contribution in [2.75, 3.05) is 0 Å². The average Bonchev–Trinajstić information content (AvgIpc) is 2.85. The number of rotatable bonds is 1. The lowest BCUT2D eigenvalue weighted by atomic mass is 9.99. The van der Waals surface area contributed by atoms with Crippen LogP contribution in [0.25, 0.3) is 33.4 Å². The molecule has 1 nitrogen and oxygen atoms in total. The molecule has 0 saturated carbocycles. The maximum Gasteiger partial charge on any atom is 0.0361 e. The molecule has 0 fully saturated rings. The van der Waals surface area contributed by atoms with Gasteiger partial charge >= 0.3 is 0 Å². The van der Waals surface area contributed by atoms with E-state index in [0.717, 1.165) is 6.42 Å². The van der Waals surface area contributed by atoms with Crippen LogP contribution in [0.2, 0.25) is 0 Å². The monoisotopic (exact) mass is 277 g/mol. The Bertz CT molecular complexity index is 890. The normalized spacial score (nSPS) is 17.4. The van der Waals surface area contributed by atoms with Crippen molar-refractivity contribution in [3.05, 3.63) is 58.3 Å². The van der Waals surface area contributed by atoms with Crippen molar-refractivity contribution in [1.82, 2.24) is 0 Å². The standard InChI is InChI=1S/C18H15NS/c19-13-9-10-15-17(11-13)20-16-8-4-7-14(18(15)16)12-5-2-1-3-6-12/h1-8,10-11,13H,9,19H2. The van der Waals surface area contributed by atoms with Gasteiger partial charge in [0.1, 0.15) is 0 Å². The molecule has 1 aromatic heterocycles. The Hall–Kier alpha value is -1.90. The van der Waals surface area contributed by atoms with E-state index >= 15 is 0 Å². The van der Waals surface area contributed by atoms with Crippen molar-refractivity contribution in [2.45, 2.75) is 12.5 Å². The van der Waals surface area contributed by atoms with Crippen molar-refractivity contribution in [3.8, 4) is 11.1 Å². The number of hydrogen-bond acceptors (Lipinski definition) is 2. The molecular formula is C18H15NS. The fourth-order valence-corrected chi connectivity index (χ4v) is 4.14. The molecule has 20 heavy (non-hydrogen) atoms. The maximum atomic E-state index is 6.04. The summed E-state index contributed by atoms with van der Waals surface area (Å²) in [6.07, 6.45) is 5.43. The molecule has 2 aromatic carbocycles. The molecule has 3 aromatic rings. The second kappa shape index (κ2) is 4.58. The predicted octanol–water partition coefficient (Wildman–Crippen LogP) is 2.86. The Morgan fingerprint density at radius 1 is 1.00 bits per heavy atom. The topological polar surface area (TPSA) is 26.0 Å². The van der Waals surface area contributed by atoms with Gasteiger partial charge in [0, 0.05) is 20.7 Å². The lowest BCUT2D eigenvalue weighted by molar-refractivity contribution is 0.892. The zero-order valence-electron chi connectivity index (χ0n) is 11.0. The highest BCUT2D eigenvalue weighted by atomic mass is 32.1. The third kappa shape index (κ3) is 1.80. The highest BCUT2D eigenvalue weighted by Gasteiger charge is 2.11. The second-order valence-electron chi connectivity index (χ2n) is 5.20. The van der Waals surface area contributed by atoms with Crippen molar-refractivity contribution >= 4 is 33.6 Å². The van der Waals surface area contributed by atoms with Gasteiger partial charge in [0.25, 0.3) is 0 Å². The van der Waals surface area contributed by atoms with Gasteiger partial charge < -0.3 is 5.73 Å². The van der Waals surface area contributed by atoms with E-state index in [1.54, 1.807) is 0 Å². The van der Waals surface area contributed by atoms with Gasteiger partial charge in [-0.2, -0.15) is 0 Å². The molecule has 4 rings (SSSR count). The van der Waals surface area contributed by atoms with Gasteiger partial charge in [-0.05, 0) is 34.9 Å². The van der Waals surface area contributed by atoms with Crippen molar-refractivity contribution in [2.24, 2.45) is 5.73 Å². The Morgan fingerprint density at radius 3 is 2.70 bits per heavy atom. The highest BCUT2D eigenvalue weighted by Crippen LogP contribution is 2.28. The summed E-state index contributed by atoms with van der Waals surface area (Å²) < 4.78 is 2.67. The minimum absolute atomic E-state index is 0.163. The van der Waals surface area contributed by atoms with E-state index < -0.39 is 0 Å². The van der Waals surface area contributed by atoms with Gasteiger partial charge in [0.15, 0.2) is 0 Å². The third-order valence-electron chi connectivity index (χ3n) is 3.83. The van der Waals surface area contributed by atoms with Crippen LogP contribution < -0.4 is 15.5 Å². The van der Waals surface area contributed by atoms with Gasteiger partial charge in [-0.1, -0.05) is 48.5 Å². The van der Waals surface area contributed by atoms with E-state index in [1.165, 1.54) is 31.0 Å². The van der Waals surface area contributed by atoms with E-state index in [4.69, 9.17) is 5.73 Å². The first-order valence-electron chi connectivity index (χ1n) is 6.87. The number of benzene rings is 2. The molecule has 0 saturated heterocycles. The van der Waals surface area contributed by atoms with E-state index in [1.807, 2.05) is 11.3 Å². The van der Waals surface area contributed by atoms with Gasteiger partial charge in [-0.3, -0.25) is 0 Å². The molecule has 2 N–H and O–H groups in total. The molecule has 1 heterocycles. The molecule has 0 radical (unpaired) electrons. The fraction of sp³-hybridized carbons (Fsp3) is 0.111. The number of fused-ring (bicyclic) bond motifs is 3. The van der Waals surface area contributed by atoms with E-state index in [9.17, 15) is 0 Å². The summed E-state index contributed by atoms with van der Waals surface area (Å²) in [6.45, 7) is 0. The van der Waals surface area contributed by atoms with Gasteiger partial charge in [0.2, 0.25) is 0 Å². The van der Waals surface area contributed by atoms with Crippen LogP contribution in [-0.4, -0.2) is 6.04 Å². The van der Waals surface area contributed by atoms with Crippen LogP contribution >= 0.6 is 11.3 Å². The molecule has 0 amide bonds. The van der Waals surface area contributed by atoms with Crippen molar-refractivity contribution < 1.29 is 0 Å². The van der Waals surface area contributed by atoms with Crippen LogP contribution in [0.1, 0.15) is 6.42 Å². The molecule has 1 aliphatic rings. The van der Waals surface area contributed by atoms with Crippen LogP contribution in [0.3, 0.4) is 0 Å². The fourth-order valence-electron chi connectivity index (χ4n) is 2.89. The highest BCUT2D eigenvalue weighted by molar-refractivity contribution is 7.17. The zero-order valence-corrected chi connectivity index (χ0v) is 11.9. The number of hydrogen-bond donors (Lipinski definition) is 1. The molecule has 0 spiro atoms. The number of nitrogens with two attached hydrogens (primary N) is 1. The Labute approximate surface area is 121 Å². The van der Waals surface area contributed by atoms with E-state index in [2.05, 4.69) is 60.7 Å². The first kappa shape index (κ1) is 11.9. The quantitative estimate of drug-likeness (QED) is 0.727. The Kier molecular flexibility index (Phi) is 2.72. The summed E-state index contributed by atoms with van der Waals surface area (Å²) >= 11 is 1.85. The van der Waals surface area contributed by atoms with Crippen LogP contribution in [0.15, 0.2) is 48.5 Å². The van der Waals surface area contributed by atoms with Crippen molar-refractivity contribution in [3.63, 3.8) is 0 Å². The minimum Gasteiger partial charge on any atom is -0.324 e. The SMILES string of the molecule is NC1C=c2sc3cccc(-c4ccccc4)c3c2=CC1. The minimum atomic E-state index is 0.163.